The van der Waals surface area contributed by atoms with Gasteiger partial charge in [-0.15, -0.1) is 0 Å². The Morgan fingerprint density at radius 3 is 2.61 bits per heavy atom. The highest BCUT2D eigenvalue weighted by Gasteiger charge is 2.66. The Bertz CT molecular complexity index is 1630. The molecule has 2 fully saturated rings. The number of amides is 1. The molecule has 1 amide bonds. The van der Waals surface area contributed by atoms with Gasteiger partial charge < -0.3 is 20.5 Å². The van der Waals surface area contributed by atoms with Crippen molar-refractivity contribution in [2.75, 3.05) is 25.6 Å². The second-order valence-corrected chi connectivity index (χ2v) is 12.5. The Morgan fingerprint density at radius 1 is 1.16 bits per heavy atom. The molecule has 10 nitrogen and oxygen atoms in total. The average Bonchev–Trinajstić information content (AvgIpc) is 3.74. The van der Waals surface area contributed by atoms with Gasteiger partial charge in [-0.2, -0.15) is 0 Å². The van der Waals surface area contributed by atoms with Gasteiger partial charge in [0.25, 0.3) is 5.69 Å². The highest BCUT2D eigenvalue weighted by Crippen LogP contribution is 2.57. The van der Waals surface area contributed by atoms with E-state index in [-0.39, 0.29) is 30.3 Å². The number of aliphatic hydroxyl groups excluding tert-OH is 1. The predicted octanol–water partition coefficient (Wildman–Crippen LogP) is 5.25. The first-order chi connectivity index (χ1) is 21.2. The van der Waals surface area contributed by atoms with E-state index in [1.165, 1.54) is 25.3 Å². The Balaban J connectivity index is 1.48. The molecule has 4 atom stereocenters. The van der Waals surface area contributed by atoms with Crippen LogP contribution in [0, 0.1) is 16.0 Å². The summed E-state index contributed by atoms with van der Waals surface area (Å²) in [7, 11) is 1.21. The van der Waals surface area contributed by atoms with Crippen molar-refractivity contribution >= 4 is 46.5 Å². The number of nitrogens with zero attached hydrogens (tertiary/aromatic N) is 2. The van der Waals surface area contributed by atoms with Crippen LogP contribution in [0.2, 0.25) is 10.0 Å². The van der Waals surface area contributed by atoms with Gasteiger partial charge in [-0.05, 0) is 48.2 Å². The first-order valence-electron chi connectivity index (χ1n) is 14.5. The van der Waals surface area contributed by atoms with E-state index in [4.69, 9.17) is 27.9 Å². The number of esters is 1. The van der Waals surface area contributed by atoms with Crippen molar-refractivity contribution in [2.24, 2.45) is 5.92 Å². The summed E-state index contributed by atoms with van der Waals surface area (Å²) in [4.78, 5) is 40.1. The summed E-state index contributed by atoms with van der Waals surface area (Å²) >= 11 is 12.9. The Kier molecular flexibility index (Phi) is 8.38. The van der Waals surface area contributed by atoms with Gasteiger partial charge in [-0.3, -0.25) is 19.8 Å². The van der Waals surface area contributed by atoms with E-state index in [1.54, 1.807) is 18.2 Å². The molecule has 3 aromatic rings. The number of likely N-dealkylation sites (tertiary alicyclic amines) is 1. The number of anilines is 1. The fourth-order valence-electron chi connectivity index (χ4n) is 7.04. The van der Waals surface area contributed by atoms with Gasteiger partial charge in [0.05, 0.1) is 30.2 Å². The van der Waals surface area contributed by atoms with Gasteiger partial charge in [-0.1, -0.05) is 60.3 Å². The van der Waals surface area contributed by atoms with Crippen molar-refractivity contribution in [3.63, 3.8) is 0 Å². The second-order valence-electron chi connectivity index (χ2n) is 11.6. The number of halogens is 2. The molecule has 0 unspecified atom stereocenters. The number of carbonyl (C=O) groups excluding carboxylic acids is 2. The Hall–Kier alpha value is -3.54. The van der Waals surface area contributed by atoms with Crippen molar-refractivity contribution in [1.82, 2.24) is 10.2 Å². The Morgan fingerprint density at radius 2 is 1.93 bits per heavy atom. The fourth-order valence-corrected chi connectivity index (χ4v) is 7.41. The zero-order chi connectivity index (χ0) is 31.2. The number of nitro groups is 1. The highest BCUT2D eigenvalue weighted by molar-refractivity contribution is 6.31. The lowest BCUT2D eigenvalue weighted by Crippen LogP contribution is -2.53. The van der Waals surface area contributed by atoms with Crippen LogP contribution in [0.25, 0.3) is 0 Å². The summed E-state index contributed by atoms with van der Waals surface area (Å²) in [5, 5.41) is 30.6. The number of rotatable bonds is 10. The summed E-state index contributed by atoms with van der Waals surface area (Å²) in [5.41, 5.74) is 1.11. The van der Waals surface area contributed by atoms with Crippen LogP contribution in [0.5, 0.6) is 0 Å². The van der Waals surface area contributed by atoms with Gasteiger partial charge in [-0.25, -0.2) is 4.79 Å². The molecule has 3 aromatic carbocycles. The molecule has 230 valence electrons. The van der Waals surface area contributed by atoms with Gasteiger partial charge in [0.2, 0.25) is 5.91 Å². The molecule has 1 aliphatic carbocycles. The molecule has 6 rings (SSSR count). The zero-order valence-corrected chi connectivity index (χ0v) is 25.5. The van der Waals surface area contributed by atoms with E-state index in [0.29, 0.717) is 33.8 Å². The fraction of sp³-hybridized carbons (Fsp3) is 0.375. The van der Waals surface area contributed by atoms with Crippen molar-refractivity contribution in [3.05, 3.63) is 103 Å². The van der Waals surface area contributed by atoms with E-state index < -0.39 is 34.4 Å². The average molecular weight is 640 g/mol. The van der Waals surface area contributed by atoms with Crippen LogP contribution in [-0.4, -0.2) is 59.2 Å². The maximum Gasteiger partial charge on any atom is 0.338 e. The van der Waals surface area contributed by atoms with Crippen molar-refractivity contribution in [1.29, 1.82) is 0 Å². The second kappa shape index (κ2) is 12.1. The van der Waals surface area contributed by atoms with Crippen LogP contribution in [-0.2, 0) is 21.6 Å². The lowest BCUT2D eigenvalue weighted by Gasteiger charge is -2.39. The molecule has 1 saturated carbocycles. The topological polar surface area (TPSA) is 134 Å². The Labute approximate surface area is 264 Å². The number of fused-ring (bicyclic) bond motifs is 2. The summed E-state index contributed by atoms with van der Waals surface area (Å²) in [6, 6.07) is 15.8. The monoisotopic (exact) mass is 638 g/mol. The van der Waals surface area contributed by atoms with E-state index in [0.717, 1.165) is 30.4 Å². The van der Waals surface area contributed by atoms with Crippen molar-refractivity contribution < 1.29 is 24.4 Å². The molecular weight excluding hydrogens is 607 g/mol. The van der Waals surface area contributed by atoms with Gasteiger partial charge in [0.15, 0.2) is 0 Å². The molecule has 1 saturated heterocycles. The molecule has 44 heavy (non-hydrogen) atoms. The van der Waals surface area contributed by atoms with E-state index in [1.807, 2.05) is 24.3 Å². The van der Waals surface area contributed by atoms with E-state index in [2.05, 4.69) is 15.5 Å². The largest absolute Gasteiger partial charge is 0.465 e. The van der Waals surface area contributed by atoms with Crippen LogP contribution < -0.4 is 10.6 Å². The van der Waals surface area contributed by atoms with Crippen LogP contribution in [0.4, 0.5) is 11.4 Å². The number of aliphatic hydroxyl groups is 1. The number of benzene rings is 3. The third-order valence-electron chi connectivity index (χ3n) is 9.17. The summed E-state index contributed by atoms with van der Waals surface area (Å²) < 4.78 is 4.74. The molecule has 12 heteroatoms. The number of ether oxygens (including phenoxy) is 1. The summed E-state index contributed by atoms with van der Waals surface area (Å²) in [6.07, 6.45) is 3.13. The number of carbonyl (C=O) groups is 2. The van der Waals surface area contributed by atoms with E-state index >= 15 is 0 Å². The molecule has 0 bridgehead atoms. The number of hydrogen-bond acceptors (Lipinski definition) is 8. The molecule has 1 spiro atoms. The van der Waals surface area contributed by atoms with Gasteiger partial charge >= 0.3 is 5.97 Å². The maximum atomic E-state index is 14.4. The molecule has 0 radical (unpaired) electrons. The standard InChI is InChI=1S/C32H32Cl2N4O6/c1-44-30(40)20-7-8-21(26(14-20)38(42)43)16-35-29-27(17-39)37(12-11-18-5-6-18)32(28(29)19-3-2-4-22(33)13-19)24-10-9-23(34)15-25(24)36-31(32)41/h2-4,7-10,13-15,18,27-29,35,39H,5-6,11-12,16-17H2,1H3,(H,36,41)/t27-,28-,29+,32+/m1/s1. The van der Waals surface area contributed by atoms with Crippen LogP contribution in [0.1, 0.15) is 52.2 Å². The SMILES string of the molecule is COC(=O)c1ccc(CN[C@H]2[C@@H](CO)N(CCC3CC3)[C@]3(C(=O)Nc4cc(Cl)ccc43)[C@@H]2c2cccc(Cl)c2)c([N+](=O)[O-])c1. The smallest absolute Gasteiger partial charge is 0.338 e. The zero-order valence-electron chi connectivity index (χ0n) is 24.0. The first-order valence-corrected chi connectivity index (χ1v) is 15.3. The minimum absolute atomic E-state index is 0.0393. The van der Waals surface area contributed by atoms with Crippen molar-refractivity contribution in [2.45, 2.75) is 49.3 Å². The number of hydrogen-bond donors (Lipinski definition) is 3. The number of methoxy groups -OCH3 is 1. The minimum Gasteiger partial charge on any atom is -0.465 e. The lowest BCUT2D eigenvalue weighted by molar-refractivity contribution is -0.385. The number of nitro benzene ring substituents is 1. The minimum atomic E-state index is -1.22. The summed E-state index contributed by atoms with van der Waals surface area (Å²) in [5.74, 6) is -0.891. The van der Waals surface area contributed by atoms with Gasteiger partial charge in [0, 0.05) is 58.0 Å². The molecular formula is C32H32Cl2N4O6. The van der Waals surface area contributed by atoms with Gasteiger partial charge in [0.1, 0.15) is 5.54 Å². The first kappa shape index (κ1) is 30.5. The van der Waals surface area contributed by atoms with Crippen molar-refractivity contribution in [3.8, 4) is 0 Å². The summed E-state index contributed by atoms with van der Waals surface area (Å²) in [6.45, 7) is 0.340. The molecule has 0 aromatic heterocycles. The molecule has 3 aliphatic rings. The van der Waals surface area contributed by atoms with E-state index in [9.17, 15) is 24.8 Å². The maximum absolute atomic E-state index is 14.4. The predicted molar refractivity (Wildman–Crippen MR) is 166 cm³/mol. The van der Waals surface area contributed by atoms with Crippen LogP contribution in [0.3, 0.4) is 0 Å². The van der Waals surface area contributed by atoms with Crippen LogP contribution in [0.15, 0.2) is 60.7 Å². The third-order valence-corrected chi connectivity index (χ3v) is 9.64. The molecule has 2 aliphatic heterocycles. The normalized spacial score (nSPS) is 24.4. The number of nitrogens with one attached hydrogen (secondary N) is 2. The highest BCUT2D eigenvalue weighted by atomic mass is 35.5. The quantitative estimate of drug-likeness (QED) is 0.156. The third kappa shape index (κ3) is 5.24. The molecule has 2 heterocycles. The molecule has 3 N–H and O–H groups in total. The van der Waals surface area contributed by atoms with Crippen LogP contribution >= 0.6 is 23.2 Å². The lowest BCUT2D eigenvalue weighted by atomic mass is 9.73.